The molecule has 0 fully saturated rings. The van der Waals surface area contributed by atoms with E-state index < -0.39 is 5.91 Å². The average molecular weight is 357 g/mol. The molecule has 0 saturated heterocycles. The van der Waals surface area contributed by atoms with Crippen LogP contribution in [0.3, 0.4) is 0 Å². The lowest BCUT2D eigenvalue weighted by Crippen LogP contribution is -2.12. The average Bonchev–Trinajstić information content (AvgIpc) is 2.43. The number of phenols is 1. The number of rotatable bonds is 3. The Morgan fingerprint density at radius 2 is 2.05 bits per heavy atom. The van der Waals surface area contributed by atoms with E-state index in [0.717, 1.165) is 0 Å². The first-order valence-electron chi connectivity index (χ1n) is 5.64. The Labute approximate surface area is 129 Å². The van der Waals surface area contributed by atoms with Gasteiger partial charge in [0.15, 0.2) is 0 Å². The van der Waals surface area contributed by atoms with Gasteiger partial charge in [-0.3, -0.25) is 4.79 Å². The van der Waals surface area contributed by atoms with Gasteiger partial charge in [0.2, 0.25) is 0 Å². The second kappa shape index (κ2) is 6.15. The first-order valence-corrected chi connectivity index (χ1v) is 6.82. The number of hydrogen-bond donors (Lipinski definition) is 2. The van der Waals surface area contributed by atoms with Crippen molar-refractivity contribution in [3.8, 4) is 11.5 Å². The number of amides is 1. The fourth-order valence-electron chi connectivity index (χ4n) is 1.61. The molecule has 0 aliphatic carbocycles. The van der Waals surface area contributed by atoms with Crippen molar-refractivity contribution in [3.63, 3.8) is 0 Å². The number of nitrogens with one attached hydrogen (secondary N) is 1. The molecule has 6 heteroatoms. The van der Waals surface area contributed by atoms with E-state index in [1.54, 1.807) is 18.2 Å². The van der Waals surface area contributed by atoms with Crippen LogP contribution in [0.2, 0.25) is 5.02 Å². The van der Waals surface area contributed by atoms with Crippen molar-refractivity contribution in [2.24, 2.45) is 0 Å². The molecule has 2 aromatic carbocycles. The fourth-order valence-corrected chi connectivity index (χ4v) is 2.12. The van der Waals surface area contributed by atoms with Crippen LogP contribution in [0.1, 0.15) is 10.4 Å². The molecule has 2 aromatic rings. The molecule has 0 atom stereocenters. The van der Waals surface area contributed by atoms with Gasteiger partial charge in [0.1, 0.15) is 11.5 Å². The highest BCUT2D eigenvalue weighted by atomic mass is 79.9. The summed E-state index contributed by atoms with van der Waals surface area (Å²) in [6, 6.07) is 9.47. The summed E-state index contributed by atoms with van der Waals surface area (Å²) in [4.78, 5) is 12.1. The molecule has 0 unspecified atom stereocenters. The van der Waals surface area contributed by atoms with Crippen molar-refractivity contribution in [2.45, 2.75) is 0 Å². The van der Waals surface area contributed by atoms with Crippen LogP contribution in [0, 0.1) is 0 Å². The molecule has 0 radical (unpaired) electrons. The molecule has 2 N–H and O–H groups in total. The summed E-state index contributed by atoms with van der Waals surface area (Å²) in [6.45, 7) is 0. The number of aromatic hydroxyl groups is 1. The Bertz CT molecular complexity index is 661. The first kappa shape index (κ1) is 14.7. The molecule has 0 aliphatic rings. The highest BCUT2D eigenvalue weighted by Gasteiger charge is 2.13. The minimum Gasteiger partial charge on any atom is -0.507 e. The number of carbonyl (C=O) groups is 1. The Kier molecular flexibility index (Phi) is 4.52. The van der Waals surface area contributed by atoms with E-state index in [4.69, 9.17) is 16.3 Å². The number of methoxy groups -OCH3 is 1. The lowest BCUT2D eigenvalue weighted by Gasteiger charge is -2.10. The Hall–Kier alpha value is -1.72. The molecule has 20 heavy (non-hydrogen) atoms. The minimum atomic E-state index is -0.459. The smallest absolute Gasteiger partial charge is 0.259 e. The number of hydrogen-bond acceptors (Lipinski definition) is 3. The summed E-state index contributed by atoms with van der Waals surface area (Å²) in [5, 5.41) is 12.8. The molecular formula is C14H11BrClNO3. The monoisotopic (exact) mass is 355 g/mol. The number of anilines is 1. The van der Waals surface area contributed by atoms with Gasteiger partial charge in [0.25, 0.3) is 5.91 Å². The van der Waals surface area contributed by atoms with Gasteiger partial charge >= 0.3 is 0 Å². The van der Waals surface area contributed by atoms with Crippen molar-refractivity contribution in [2.75, 3.05) is 12.4 Å². The van der Waals surface area contributed by atoms with Crippen molar-refractivity contribution in [1.29, 1.82) is 0 Å². The topological polar surface area (TPSA) is 58.6 Å². The highest BCUT2D eigenvalue weighted by Crippen LogP contribution is 2.29. The van der Waals surface area contributed by atoms with E-state index in [2.05, 4.69) is 21.2 Å². The summed E-state index contributed by atoms with van der Waals surface area (Å²) < 4.78 is 5.80. The van der Waals surface area contributed by atoms with Crippen LogP contribution in [0.25, 0.3) is 0 Å². The van der Waals surface area contributed by atoms with Crippen LogP contribution >= 0.6 is 27.5 Å². The van der Waals surface area contributed by atoms with Crippen molar-refractivity contribution < 1.29 is 14.6 Å². The van der Waals surface area contributed by atoms with Gasteiger partial charge in [-0.2, -0.15) is 0 Å². The molecule has 2 rings (SSSR count). The molecule has 4 nitrogen and oxygen atoms in total. The lowest BCUT2D eigenvalue weighted by atomic mass is 10.2. The number of halogens is 2. The Morgan fingerprint density at radius 3 is 2.75 bits per heavy atom. The largest absolute Gasteiger partial charge is 0.507 e. The van der Waals surface area contributed by atoms with E-state index in [0.29, 0.717) is 20.9 Å². The number of benzene rings is 2. The summed E-state index contributed by atoms with van der Waals surface area (Å²) in [5.74, 6) is 0.0173. The maximum Gasteiger partial charge on any atom is 0.259 e. The van der Waals surface area contributed by atoms with Gasteiger partial charge in [0.05, 0.1) is 18.4 Å². The minimum absolute atomic E-state index is 0.104. The van der Waals surface area contributed by atoms with E-state index in [1.807, 2.05) is 0 Å². The van der Waals surface area contributed by atoms with Crippen LogP contribution in [0.15, 0.2) is 40.9 Å². The second-order valence-electron chi connectivity index (χ2n) is 3.96. The fraction of sp³-hybridized carbons (Fsp3) is 0.0714. The van der Waals surface area contributed by atoms with Crippen LogP contribution in [0.4, 0.5) is 5.69 Å². The SMILES string of the molecule is COc1ccc(Br)c(NC(=O)c2cc(Cl)ccc2O)c1. The van der Waals surface area contributed by atoms with Crippen LogP contribution in [-0.4, -0.2) is 18.1 Å². The van der Waals surface area contributed by atoms with Gasteiger partial charge in [-0.15, -0.1) is 0 Å². The molecule has 104 valence electrons. The number of carbonyl (C=O) groups excluding carboxylic acids is 1. The van der Waals surface area contributed by atoms with Crippen LogP contribution in [-0.2, 0) is 0 Å². The van der Waals surface area contributed by atoms with Gasteiger partial charge < -0.3 is 15.2 Å². The van der Waals surface area contributed by atoms with E-state index in [1.165, 1.54) is 25.3 Å². The lowest BCUT2D eigenvalue weighted by molar-refractivity contribution is 0.102. The molecule has 1 amide bonds. The standard InChI is InChI=1S/C14H11BrClNO3/c1-20-9-3-4-11(15)12(7-9)17-14(19)10-6-8(16)2-5-13(10)18/h2-7,18H,1H3,(H,17,19). The van der Waals surface area contributed by atoms with Crippen LogP contribution in [0.5, 0.6) is 11.5 Å². The molecule has 0 bridgehead atoms. The maximum atomic E-state index is 12.1. The van der Waals surface area contributed by atoms with Gasteiger partial charge in [-0.25, -0.2) is 0 Å². The van der Waals surface area contributed by atoms with Crippen molar-refractivity contribution >= 4 is 39.1 Å². The summed E-state index contributed by atoms with van der Waals surface area (Å²) in [5.41, 5.74) is 0.640. The summed E-state index contributed by atoms with van der Waals surface area (Å²) in [6.07, 6.45) is 0. The van der Waals surface area contributed by atoms with Crippen LogP contribution < -0.4 is 10.1 Å². The molecule has 0 heterocycles. The molecule has 0 aromatic heterocycles. The number of ether oxygens (including phenoxy) is 1. The van der Waals surface area contributed by atoms with E-state index in [-0.39, 0.29) is 11.3 Å². The third-order valence-electron chi connectivity index (χ3n) is 2.62. The quantitative estimate of drug-likeness (QED) is 0.871. The maximum absolute atomic E-state index is 12.1. The summed E-state index contributed by atoms with van der Waals surface area (Å²) >= 11 is 9.16. The van der Waals surface area contributed by atoms with E-state index >= 15 is 0 Å². The summed E-state index contributed by atoms with van der Waals surface area (Å²) in [7, 11) is 1.54. The molecule has 0 aliphatic heterocycles. The van der Waals surface area contributed by atoms with Gasteiger partial charge in [0, 0.05) is 15.6 Å². The predicted molar refractivity (Wildman–Crippen MR) is 81.8 cm³/mol. The molecular weight excluding hydrogens is 346 g/mol. The van der Waals surface area contributed by atoms with Crippen molar-refractivity contribution in [1.82, 2.24) is 0 Å². The number of phenolic OH excluding ortho intramolecular Hbond substituents is 1. The second-order valence-corrected chi connectivity index (χ2v) is 5.25. The van der Waals surface area contributed by atoms with Crippen molar-refractivity contribution in [3.05, 3.63) is 51.5 Å². The highest BCUT2D eigenvalue weighted by molar-refractivity contribution is 9.10. The molecule has 0 saturated carbocycles. The normalized spacial score (nSPS) is 10.2. The van der Waals surface area contributed by atoms with Gasteiger partial charge in [-0.05, 0) is 46.3 Å². The Balaban J connectivity index is 2.30. The zero-order valence-corrected chi connectivity index (χ0v) is 12.8. The zero-order valence-electron chi connectivity index (χ0n) is 10.5. The third kappa shape index (κ3) is 3.23. The Morgan fingerprint density at radius 1 is 1.30 bits per heavy atom. The zero-order chi connectivity index (χ0) is 14.7. The molecule has 0 spiro atoms. The third-order valence-corrected chi connectivity index (χ3v) is 3.55. The predicted octanol–water partition coefficient (Wildman–Crippen LogP) is 4.07. The van der Waals surface area contributed by atoms with Gasteiger partial charge in [-0.1, -0.05) is 11.6 Å². The van der Waals surface area contributed by atoms with E-state index in [9.17, 15) is 9.90 Å². The first-order chi connectivity index (χ1) is 9.51.